The summed E-state index contributed by atoms with van der Waals surface area (Å²) in [4.78, 5) is 29.1. The van der Waals surface area contributed by atoms with E-state index in [1.807, 2.05) is 23.1 Å². The van der Waals surface area contributed by atoms with Gasteiger partial charge in [0.15, 0.2) is 0 Å². The summed E-state index contributed by atoms with van der Waals surface area (Å²) in [6, 6.07) is 14.9. The summed E-state index contributed by atoms with van der Waals surface area (Å²) >= 11 is 11.9. The van der Waals surface area contributed by atoms with E-state index in [1.165, 1.54) is 6.08 Å². The van der Waals surface area contributed by atoms with Crippen molar-refractivity contribution in [2.24, 2.45) is 5.92 Å². The molecule has 0 unspecified atom stereocenters. The third-order valence-corrected chi connectivity index (χ3v) is 6.86. The number of amides is 2. The average Bonchev–Trinajstić information content (AvgIpc) is 2.79. The van der Waals surface area contributed by atoms with Crippen LogP contribution in [-0.4, -0.2) is 48.9 Å². The molecule has 0 atom stereocenters. The molecule has 0 spiro atoms. The number of anilines is 1. The molecule has 2 aliphatic rings. The van der Waals surface area contributed by atoms with Crippen molar-refractivity contribution in [2.75, 3.05) is 31.1 Å². The molecule has 8 heteroatoms. The van der Waals surface area contributed by atoms with E-state index in [4.69, 9.17) is 23.2 Å². The maximum absolute atomic E-state index is 12.9. The fraction of sp³-hybridized carbons (Fsp3) is 0.320. The molecule has 33 heavy (non-hydrogen) atoms. The van der Waals surface area contributed by atoms with Crippen molar-refractivity contribution in [1.82, 2.24) is 10.2 Å². The van der Waals surface area contributed by atoms with E-state index in [0.717, 1.165) is 24.1 Å². The number of para-hydroxylation sites is 1. The van der Waals surface area contributed by atoms with Crippen molar-refractivity contribution in [2.45, 2.75) is 18.9 Å². The predicted molar refractivity (Wildman–Crippen MR) is 130 cm³/mol. The lowest BCUT2D eigenvalue weighted by Crippen LogP contribution is -2.57. The van der Waals surface area contributed by atoms with Crippen molar-refractivity contribution < 1.29 is 9.59 Å². The number of hydrogen-bond donors (Lipinski definition) is 1. The maximum Gasteiger partial charge on any atom is 0.244 e. The lowest BCUT2D eigenvalue weighted by molar-refractivity contribution is -0.137. The van der Waals surface area contributed by atoms with Crippen LogP contribution >= 0.6 is 23.2 Å². The van der Waals surface area contributed by atoms with Gasteiger partial charge in [-0.3, -0.25) is 9.59 Å². The summed E-state index contributed by atoms with van der Waals surface area (Å²) in [6.07, 6.45) is 4.64. The standard InChI is InChI=1S/C25H24Cl2N4O2/c26-21-7-5-17(13-22(21)27)6-8-24(32)29-20-9-11-30(12-10-20)25(33)19-15-31(16-19)23-4-2-1-3-18(23)14-28/h1-8,13,19-20H,9-12,15-16H2,(H,29,32)/b8-6+. The molecule has 0 bridgehead atoms. The van der Waals surface area contributed by atoms with Crippen molar-refractivity contribution in [3.05, 3.63) is 69.7 Å². The van der Waals surface area contributed by atoms with Crippen LogP contribution in [0.5, 0.6) is 0 Å². The zero-order valence-corrected chi connectivity index (χ0v) is 19.5. The van der Waals surface area contributed by atoms with Crippen LogP contribution in [0.15, 0.2) is 48.5 Å². The third kappa shape index (κ3) is 5.50. The van der Waals surface area contributed by atoms with Crippen LogP contribution < -0.4 is 10.2 Å². The van der Waals surface area contributed by atoms with Crippen LogP contribution in [0, 0.1) is 17.2 Å². The molecule has 2 aromatic carbocycles. The van der Waals surface area contributed by atoms with Gasteiger partial charge in [-0.15, -0.1) is 0 Å². The van der Waals surface area contributed by atoms with Crippen molar-refractivity contribution in [3.8, 4) is 6.07 Å². The molecule has 0 saturated carbocycles. The van der Waals surface area contributed by atoms with E-state index in [0.29, 0.717) is 41.8 Å². The number of rotatable bonds is 5. The van der Waals surface area contributed by atoms with E-state index in [-0.39, 0.29) is 23.8 Å². The van der Waals surface area contributed by atoms with E-state index in [1.54, 1.807) is 30.3 Å². The second kappa shape index (κ2) is 10.3. The zero-order valence-electron chi connectivity index (χ0n) is 18.0. The number of halogens is 2. The number of nitrogens with one attached hydrogen (secondary N) is 1. The van der Waals surface area contributed by atoms with E-state index in [2.05, 4.69) is 16.3 Å². The highest BCUT2D eigenvalue weighted by atomic mass is 35.5. The smallest absolute Gasteiger partial charge is 0.244 e. The van der Waals surface area contributed by atoms with Gasteiger partial charge in [0, 0.05) is 38.3 Å². The molecule has 0 radical (unpaired) electrons. The Morgan fingerprint density at radius 2 is 1.79 bits per heavy atom. The monoisotopic (exact) mass is 482 g/mol. The molecular weight excluding hydrogens is 459 g/mol. The molecule has 2 aliphatic heterocycles. The fourth-order valence-electron chi connectivity index (χ4n) is 4.22. The summed E-state index contributed by atoms with van der Waals surface area (Å²) in [5.41, 5.74) is 2.32. The summed E-state index contributed by atoms with van der Waals surface area (Å²) in [5.74, 6) is -0.0568. The Labute approximate surface area is 203 Å². The lowest BCUT2D eigenvalue weighted by Gasteiger charge is -2.43. The highest BCUT2D eigenvalue weighted by molar-refractivity contribution is 6.42. The minimum Gasteiger partial charge on any atom is -0.369 e. The second-order valence-electron chi connectivity index (χ2n) is 8.35. The highest BCUT2D eigenvalue weighted by Gasteiger charge is 2.37. The topological polar surface area (TPSA) is 76.4 Å². The first-order valence-electron chi connectivity index (χ1n) is 10.9. The molecule has 2 fully saturated rings. The number of piperidine rings is 1. The van der Waals surface area contributed by atoms with Crippen molar-refractivity contribution >= 4 is 46.8 Å². The Balaban J connectivity index is 1.22. The highest BCUT2D eigenvalue weighted by Crippen LogP contribution is 2.29. The summed E-state index contributed by atoms with van der Waals surface area (Å²) < 4.78 is 0. The Hall–Kier alpha value is -3.01. The third-order valence-electron chi connectivity index (χ3n) is 6.12. The number of hydrogen-bond acceptors (Lipinski definition) is 4. The number of carbonyl (C=O) groups is 2. The van der Waals surface area contributed by atoms with Crippen LogP contribution in [0.1, 0.15) is 24.0 Å². The molecule has 2 aromatic rings. The van der Waals surface area contributed by atoms with Crippen LogP contribution in [-0.2, 0) is 9.59 Å². The summed E-state index contributed by atoms with van der Waals surface area (Å²) in [6.45, 7) is 2.53. The molecule has 0 aliphatic carbocycles. The van der Waals surface area contributed by atoms with Gasteiger partial charge >= 0.3 is 0 Å². The normalized spacial score (nSPS) is 17.0. The lowest BCUT2D eigenvalue weighted by atomic mass is 9.94. The van der Waals surface area contributed by atoms with E-state index in [9.17, 15) is 14.9 Å². The van der Waals surface area contributed by atoms with Crippen LogP contribution in [0.3, 0.4) is 0 Å². The maximum atomic E-state index is 12.9. The second-order valence-corrected chi connectivity index (χ2v) is 9.16. The minimum atomic E-state index is -0.170. The average molecular weight is 483 g/mol. The van der Waals surface area contributed by atoms with Crippen LogP contribution in [0.25, 0.3) is 6.08 Å². The van der Waals surface area contributed by atoms with E-state index < -0.39 is 0 Å². The van der Waals surface area contributed by atoms with Gasteiger partial charge in [0.05, 0.1) is 27.2 Å². The van der Waals surface area contributed by atoms with Gasteiger partial charge in [0.25, 0.3) is 0 Å². The molecule has 2 heterocycles. The van der Waals surface area contributed by atoms with Gasteiger partial charge in [-0.1, -0.05) is 41.4 Å². The van der Waals surface area contributed by atoms with Gasteiger partial charge in [0.2, 0.25) is 11.8 Å². The zero-order chi connectivity index (χ0) is 23.4. The summed E-state index contributed by atoms with van der Waals surface area (Å²) in [7, 11) is 0. The van der Waals surface area contributed by atoms with Crippen molar-refractivity contribution in [1.29, 1.82) is 5.26 Å². The number of nitriles is 1. The largest absolute Gasteiger partial charge is 0.369 e. The van der Waals surface area contributed by atoms with Gasteiger partial charge in [-0.25, -0.2) is 0 Å². The number of nitrogens with zero attached hydrogens (tertiary/aromatic N) is 3. The van der Waals surface area contributed by atoms with Gasteiger partial charge in [-0.05, 0) is 48.7 Å². The van der Waals surface area contributed by atoms with E-state index >= 15 is 0 Å². The quantitative estimate of drug-likeness (QED) is 0.650. The molecule has 170 valence electrons. The first kappa shape index (κ1) is 23.2. The van der Waals surface area contributed by atoms with Gasteiger partial charge < -0.3 is 15.1 Å². The predicted octanol–water partition coefficient (Wildman–Crippen LogP) is 4.12. The van der Waals surface area contributed by atoms with Crippen LogP contribution in [0.2, 0.25) is 10.0 Å². The Morgan fingerprint density at radius 1 is 1.06 bits per heavy atom. The molecule has 2 saturated heterocycles. The SMILES string of the molecule is N#Cc1ccccc1N1CC(C(=O)N2CCC(NC(=O)/C=C/c3ccc(Cl)c(Cl)c3)CC2)C1. The minimum absolute atomic E-state index is 0.0420. The molecule has 4 rings (SSSR count). The Kier molecular flexibility index (Phi) is 7.22. The fourth-order valence-corrected chi connectivity index (χ4v) is 4.52. The van der Waals surface area contributed by atoms with Crippen molar-refractivity contribution in [3.63, 3.8) is 0 Å². The Bertz CT molecular complexity index is 1110. The molecule has 6 nitrogen and oxygen atoms in total. The number of benzene rings is 2. The number of likely N-dealkylation sites (tertiary alicyclic amines) is 1. The number of carbonyl (C=O) groups excluding carboxylic acids is 2. The molecule has 1 N–H and O–H groups in total. The summed E-state index contributed by atoms with van der Waals surface area (Å²) in [5, 5.41) is 13.2. The molecular formula is C25H24Cl2N4O2. The molecule has 0 aromatic heterocycles. The van der Waals surface area contributed by atoms with Gasteiger partial charge in [0.1, 0.15) is 6.07 Å². The van der Waals surface area contributed by atoms with Gasteiger partial charge in [-0.2, -0.15) is 5.26 Å². The Morgan fingerprint density at radius 3 is 2.48 bits per heavy atom. The molecule has 2 amide bonds. The first-order valence-corrected chi connectivity index (χ1v) is 11.7. The first-order chi connectivity index (χ1) is 15.9. The van der Waals surface area contributed by atoms with Crippen LogP contribution in [0.4, 0.5) is 5.69 Å².